The van der Waals surface area contributed by atoms with Crippen LogP contribution in [0.3, 0.4) is 0 Å². The second-order valence-corrected chi connectivity index (χ2v) is 7.51. The summed E-state index contributed by atoms with van der Waals surface area (Å²) in [4.78, 5) is 30.1. The Morgan fingerprint density at radius 3 is 2.70 bits per heavy atom. The van der Waals surface area contributed by atoms with Crippen molar-refractivity contribution in [1.82, 2.24) is 20.0 Å². The third kappa shape index (κ3) is 3.57. The van der Waals surface area contributed by atoms with Gasteiger partial charge < -0.3 is 20.0 Å². The van der Waals surface area contributed by atoms with Crippen LogP contribution in [0.25, 0.3) is 0 Å². The Kier molecular flexibility index (Phi) is 4.88. The molecule has 1 N–H and O–H groups in total. The standard InChI is InChI=1S/C19H24F2N4O2/c20-16-9-13-4-7-23(11-14(13)10-17(16)21)18(26)22-5-8-24-12-15-3-1-2-6-25(15)19(24)27/h9-10,15H,1-8,11-12H2,(H,22,26). The van der Waals surface area contributed by atoms with Crippen molar-refractivity contribution in [2.45, 2.75) is 38.3 Å². The van der Waals surface area contributed by atoms with Crippen LogP contribution in [0, 0.1) is 11.6 Å². The maximum atomic E-state index is 13.4. The molecule has 0 aliphatic carbocycles. The van der Waals surface area contributed by atoms with E-state index < -0.39 is 11.6 Å². The topological polar surface area (TPSA) is 55.9 Å². The molecule has 4 amide bonds. The summed E-state index contributed by atoms with van der Waals surface area (Å²) in [7, 11) is 0. The van der Waals surface area contributed by atoms with Crippen molar-refractivity contribution in [3.8, 4) is 0 Å². The van der Waals surface area contributed by atoms with Gasteiger partial charge in [-0.2, -0.15) is 0 Å². The molecular weight excluding hydrogens is 354 g/mol. The molecule has 2 fully saturated rings. The van der Waals surface area contributed by atoms with E-state index in [2.05, 4.69) is 5.32 Å². The fourth-order valence-corrected chi connectivity index (χ4v) is 4.28. The number of carbonyl (C=O) groups is 2. The zero-order valence-corrected chi connectivity index (χ0v) is 15.2. The Morgan fingerprint density at radius 2 is 1.93 bits per heavy atom. The predicted octanol–water partition coefficient (Wildman–Crippen LogP) is 2.32. The molecule has 1 atom stereocenters. The molecule has 0 radical (unpaired) electrons. The SMILES string of the molecule is O=C(NCCN1CC2CCCCN2C1=O)N1CCc2cc(F)c(F)cc2C1. The Bertz CT molecular complexity index is 757. The van der Waals surface area contributed by atoms with Crippen LogP contribution in [-0.4, -0.2) is 65.5 Å². The van der Waals surface area contributed by atoms with Gasteiger partial charge in [0.15, 0.2) is 11.6 Å². The van der Waals surface area contributed by atoms with Gasteiger partial charge in [0.05, 0.1) is 6.04 Å². The van der Waals surface area contributed by atoms with Crippen LogP contribution in [0.5, 0.6) is 0 Å². The summed E-state index contributed by atoms with van der Waals surface area (Å²) < 4.78 is 26.8. The number of hydrogen-bond donors (Lipinski definition) is 1. The van der Waals surface area contributed by atoms with Crippen LogP contribution in [0.1, 0.15) is 30.4 Å². The minimum atomic E-state index is -0.889. The quantitative estimate of drug-likeness (QED) is 0.878. The van der Waals surface area contributed by atoms with Gasteiger partial charge in [-0.05, 0) is 48.9 Å². The number of carbonyl (C=O) groups excluding carboxylic acids is 2. The molecule has 3 aliphatic heterocycles. The van der Waals surface area contributed by atoms with Crippen LogP contribution in [0.2, 0.25) is 0 Å². The molecule has 2 saturated heterocycles. The summed E-state index contributed by atoms with van der Waals surface area (Å²) in [6.45, 7) is 3.15. The van der Waals surface area contributed by atoms with Crippen molar-refractivity contribution in [3.63, 3.8) is 0 Å². The highest BCUT2D eigenvalue weighted by Crippen LogP contribution is 2.25. The predicted molar refractivity (Wildman–Crippen MR) is 95.2 cm³/mol. The first-order valence-corrected chi connectivity index (χ1v) is 9.58. The van der Waals surface area contributed by atoms with E-state index in [0.717, 1.165) is 31.5 Å². The number of amides is 4. The van der Waals surface area contributed by atoms with Crippen molar-refractivity contribution in [2.75, 3.05) is 32.7 Å². The summed E-state index contributed by atoms with van der Waals surface area (Å²) in [6, 6.07) is 2.53. The van der Waals surface area contributed by atoms with Gasteiger partial charge in [-0.3, -0.25) is 0 Å². The van der Waals surface area contributed by atoms with Crippen molar-refractivity contribution in [3.05, 3.63) is 34.9 Å². The van der Waals surface area contributed by atoms with Gasteiger partial charge in [0, 0.05) is 39.3 Å². The monoisotopic (exact) mass is 378 g/mol. The summed E-state index contributed by atoms with van der Waals surface area (Å²) in [5, 5.41) is 2.84. The minimum Gasteiger partial charge on any atom is -0.336 e. The summed E-state index contributed by atoms with van der Waals surface area (Å²) in [6.07, 6.45) is 3.79. The summed E-state index contributed by atoms with van der Waals surface area (Å²) in [5.74, 6) is -1.74. The largest absolute Gasteiger partial charge is 0.336 e. The van der Waals surface area contributed by atoms with Gasteiger partial charge >= 0.3 is 12.1 Å². The van der Waals surface area contributed by atoms with E-state index in [-0.39, 0.29) is 18.6 Å². The first-order chi connectivity index (χ1) is 13.0. The highest BCUT2D eigenvalue weighted by atomic mass is 19.2. The molecule has 27 heavy (non-hydrogen) atoms. The molecule has 4 rings (SSSR count). The normalized spacial score (nSPS) is 21.9. The number of rotatable bonds is 3. The van der Waals surface area contributed by atoms with Gasteiger partial charge in [0.2, 0.25) is 0 Å². The number of urea groups is 2. The number of benzene rings is 1. The maximum absolute atomic E-state index is 13.4. The zero-order valence-electron chi connectivity index (χ0n) is 15.2. The van der Waals surface area contributed by atoms with E-state index in [9.17, 15) is 18.4 Å². The molecule has 1 aromatic carbocycles. The van der Waals surface area contributed by atoms with Crippen LogP contribution in [-0.2, 0) is 13.0 Å². The van der Waals surface area contributed by atoms with E-state index in [1.165, 1.54) is 18.6 Å². The number of fused-ring (bicyclic) bond motifs is 2. The molecule has 1 unspecified atom stereocenters. The average molecular weight is 378 g/mol. The zero-order chi connectivity index (χ0) is 19.0. The third-order valence-electron chi connectivity index (χ3n) is 5.77. The van der Waals surface area contributed by atoms with Gasteiger partial charge in [0.25, 0.3) is 0 Å². The molecule has 0 aromatic heterocycles. The van der Waals surface area contributed by atoms with Gasteiger partial charge in [-0.15, -0.1) is 0 Å². The van der Waals surface area contributed by atoms with Crippen LogP contribution < -0.4 is 5.32 Å². The molecule has 6 nitrogen and oxygen atoms in total. The average Bonchev–Trinajstić information content (AvgIpc) is 2.98. The van der Waals surface area contributed by atoms with E-state index in [4.69, 9.17) is 0 Å². The third-order valence-corrected chi connectivity index (χ3v) is 5.77. The molecule has 8 heteroatoms. The maximum Gasteiger partial charge on any atom is 0.320 e. The first-order valence-electron chi connectivity index (χ1n) is 9.58. The lowest BCUT2D eigenvalue weighted by Gasteiger charge is -2.29. The van der Waals surface area contributed by atoms with Crippen LogP contribution >= 0.6 is 0 Å². The van der Waals surface area contributed by atoms with E-state index in [1.54, 1.807) is 9.80 Å². The molecular formula is C19H24F2N4O2. The van der Waals surface area contributed by atoms with Crippen molar-refractivity contribution < 1.29 is 18.4 Å². The number of piperidine rings is 1. The number of hydrogen-bond acceptors (Lipinski definition) is 2. The smallest absolute Gasteiger partial charge is 0.320 e. The van der Waals surface area contributed by atoms with Crippen LogP contribution in [0.4, 0.5) is 18.4 Å². The Morgan fingerprint density at radius 1 is 1.15 bits per heavy atom. The Labute approximate surface area is 157 Å². The fourth-order valence-electron chi connectivity index (χ4n) is 4.28. The first kappa shape index (κ1) is 18.0. The lowest BCUT2D eigenvalue weighted by atomic mass is 9.99. The molecule has 1 aromatic rings. The molecule has 0 saturated carbocycles. The lowest BCUT2D eigenvalue weighted by Crippen LogP contribution is -2.45. The molecule has 3 heterocycles. The molecule has 0 bridgehead atoms. The minimum absolute atomic E-state index is 0.0679. The number of nitrogens with zero attached hydrogens (tertiary/aromatic N) is 3. The second kappa shape index (κ2) is 7.32. The number of halogens is 2. The van der Waals surface area contributed by atoms with Crippen molar-refractivity contribution in [2.24, 2.45) is 0 Å². The van der Waals surface area contributed by atoms with Gasteiger partial charge in [-0.1, -0.05) is 0 Å². The fraction of sp³-hybridized carbons (Fsp3) is 0.579. The summed E-state index contributed by atoms with van der Waals surface area (Å²) >= 11 is 0. The van der Waals surface area contributed by atoms with E-state index >= 15 is 0 Å². The molecule has 0 spiro atoms. The Balaban J connectivity index is 1.28. The van der Waals surface area contributed by atoms with E-state index in [0.29, 0.717) is 37.7 Å². The van der Waals surface area contributed by atoms with Gasteiger partial charge in [0.1, 0.15) is 0 Å². The second-order valence-electron chi connectivity index (χ2n) is 7.51. The van der Waals surface area contributed by atoms with E-state index in [1.807, 2.05) is 4.90 Å². The lowest BCUT2D eigenvalue weighted by molar-refractivity contribution is 0.174. The highest BCUT2D eigenvalue weighted by molar-refractivity contribution is 5.78. The molecule has 146 valence electrons. The number of nitrogens with one attached hydrogen (secondary N) is 1. The van der Waals surface area contributed by atoms with Crippen LogP contribution in [0.15, 0.2) is 12.1 Å². The van der Waals surface area contributed by atoms with Crippen molar-refractivity contribution >= 4 is 12.1 Å². The summed E-state index contributed by atoms with van der Waals surface area (Å²) in [5.41, 5.74) is 1.39. The molecule has 3 aliphatic rings. The van der Waals surface area contributed by atoms with Gasteiger partial charge in [-0.25, -0.2) is 18.4 Å². The highest BCUT2D eigenvalue weighted by Gasteiger charge is 2.37. The van der Waals surface area contributed by atoms with Crippen molar-refractivity contribution in [1.29, 1.82) is 0 Å². The Hall–Kier alpha value is -2.38.